The second-order valence-electron chi connectivity index (χ2n) is 8.95. The number of halogens is 1. The first-order valence-electron chi connectivity index (χ1n) is 11.4. The fourth-order valence-electron chi connectivity index (χ4n) is 4.99. The van der Waals surface area contributed by atoms with Gasteiger partial charge in [-0.25, -0.2) is 4.98 Å². The van der Waals surface area contributed by atoms with Gasteiger partial charge in [-0.3, -0.25) is 4.79 Å². The maximum Gasteiger partial charge on any atom is 0.271 e. The largest absolute Gasteiger partial charge is 0.507 e. The van der Waals surface area contributed by atoms with Crippen LogP contribution < -0.4 is 5.32 Å². The van der Waals surface area contributed by atoms with Gasteiger partial charge in [0.25, 0.3) is 5.91 Å². The molecular formula is C24H32ClN3O2. The van der Waals surface area contributed by atoms with Gasteiger partial charge >= 0.3 is 0 Å². The van der Waals surface area contributed by atoms with Crippen molar-refractivity contribution in [1.82, 2.24) is 14.9 Å². The first-order valence-corrected chi connectivity index (χ1v) is 11.8. The van der Waals surface area contributed by atoms with Gasteiger partial charge in [-0.1, -0.05) is 50.1 Å². The molecule has 2 aliphatic rings. The van der Waals surface area contributed by atoms with Crippen LogP contribution in [0.4, 0.5) is 0 Å². The van der Waals surface area contributed by atoms with Crippen LogP contribution >= 0.6 is 11.6 Å². The first-order chi connectivity index (χ1) is 14.5. The van der Waals surface area contributed by atoms with Gasteiger partial charge in [-0.15, -0.1) is 0 Å². The molecule has 1 amide bonds. The molecule has 0 aliphatic heterocycles. The highest BCUT2D eigenvalue weighted by molar-refractivity contribution is 6.30. The number of phenols is 1. The Morgan fingerprint density at radius 2 is 1.80 bits per heavy atom. The summed E-state index contributed by atoms with van der Waals surface area (Å²) in [6.45, 7) is 2.79. The van der Waals surface area contributed by atoms with Crippen molar-refractivity contribution in [1.29, 1.82) is 0 Å². The van der Waals surface area contributed by atoms with Crippen LogP contribution in [-0.2, 0) is 6.54 Å². The van der Waals surface area contributed by atoms with E-state index in [1.165, 1.54) is 51.4 Å². The molecule has 2 N–H and O–H groups in total. The number of phenolic OH excluding ortho intramolecular Hbond substituents is 1. The van der Waals surface area contributed by atoms with Crippen LogP contribution in [0.15, 0.2) is 18.2 Å². The first kappa shape index (κ1) is 21.2. The third kappa shape index (κ3) is 4.66. The average Bonchev–Trinajstić information content (AvgIpc) is 3.07. The highest BCUT2D eigenvalue weighted by Gasteiger charge is 2.26. The lowest BCUT2D eigenvalue weighted by atomic mass is 9.89. The number of hydrogen-bond donors (Lipinski definition) is 2. The standard InChI is InChI=1S/C24H32ClN3O2/c1-16-22(24(30)26-19-10-6-3-7-11-19)27-23(20-14-18(25)12-13-21(20)29)28(16)15-17-8-4-2-5-9-17/h12-14,17,19,29H,2-11,15H2,1H3,(H,26,30). The van der Waals surface area contributed by atoms with Crippen LogP contribution in [0.5, 0.6) is 5.75 Å². The molecule has 5 nitrogen and oxygen atoms in total. The zero-order chi connectivity index (χ0) is 21.1. The van der Waals surface area contributed by atoms with Crippen molar-refractivity contribution in [2.24, 2.45) is 5.92 Å². The molecular weight excluding hydrogens is 398 g/mol. The number of benzene rings is 1. The Labute approximate surface area is 183 Å². The average molecular weight is 430 g/mol. The molecule has 4 rings (SSSR count). The van der Waals surface area contributed by atoms with Gasteiger partial charge in [0.1, 0.15) is 17.3 Å². The van der Waals surface area contributed by atoms with E-state index < -0.39 is 0 Å². The predicted molar refractivity (Wildman–Crippen MR) is 120 cm³/mol. The normalized spacial score (nSPS) is 18.5. The number of carbonyl (C=O) groups is 1. The lowest BCUT2D eigenvalue weighted by molar-refractivity contribution is 0.0922. The van der Waals surface area contributed by atoms with E-state index in [2.05, 4.69) is 9.88 Å². The second-order valence-corrected chi connectivity index (χ2v) is 9.39. The highest BCUT2D eigenvalue weighted by atomic mass is 35.5. The van der Waals surface area contributed by atoms with Crippen LogP contribution in [0.25, 0.3) is 11.4 Å². The van der Waals surface area contributed by atoms with E-state index in [9.17, 15) is 9.90 Å². The van der Waals surface area contributed by atoms with Crippen molar-refractivity contribution in [3.63, 3.8) is 0 Å². The minimum Gasteiger partial charge on any atom is -0.507 e. The minimum absolute atomic E-state index is 0.107. The Hall–Kier alpha value is -2.01. The van der Waals surface area contributed by atoms with Crippen molar-refractivity contribution in [3.8, 4) is 17.1 Å². The predicted octanol–water partition coefficient (Wildman–Crippen LogP) is 5.86. The zero-order valence-corrected chi connectivity index (χ0v) is 18.5. The zero-order valence-electron chi connectivity index (χ0n) is 17.8. The Morgan fingerprint density at radius 1 is 1.13 bits per heavy atom. The number of carbonyl (C=O) groups excluding carboxylic acids is 1. The summed E-state index contributed by atoms with van der Waals surface area (Å²) in [5.74, 6) is 1.23. The van der Waals surface area contributed by atoms with Gasteiger partial charge in [-0.2, -0.15) is 0 Å². The summed E-state index contributed by atoms with van der Waals surface area (Å²) in [7, 11) is 0. The van der Waals surface area contributed by atoms with E-state index in [-0.39, 0.29) is 17.7 Å². The van der Waals surface area contributed by atoms with E-state index >= 15 is 0 Å². The molecule has 162 valence electrons. The Bertz CT molecular complexity index is 896. The second kappa shape index (κ2) is 9.42. The molecule has 0 radical (unpaired) electrons. The molecule has 6 heteroatoms. The summed E-state index contributed by atoms with van der Waals surface area (Å²) < 4.78 is 2.12. The summed E-state index contributed by atoms with van der Waals surface area (Å²) in [4.78, 5) is 17.8. The van der Waals surface area contributed by atoms with Crippen molar-refractivity contribution in [2.45, 2.75) is 83.7 Å². The summed E-state index contributed by atoms with van der Waals surface area (Å²) >= 11 is 6.22. The third-order valence-electron chi connectivity index (χ3n) is 6.74. The van der Waals surface area contributed by atoms with E-state index in [1.807, 2.05) is 6.92 Å². The fraction of sp³-hybridized carbons (Fsp3) is 0.583. The highest BCUT2D eigenvalue weighted by Crippen LogP contribution is 2.34. The van der Waals surface area contributed by atoms with Gasteiger partial charge in [0.05, 0.1) is 5.56 Å². The van der Waals surface area contributed by atoms with Crippen molar-refractivity contribution in [2.75, 3.05) is 0 Å². The molecule has 2 aliphatic carbocycles. The minimum atomic E-state index is -0.107. The molecule has 0 spiro atoms. The molecule has 0 unspecified atom stereocenters. The summed E-state index contributed by atoms with van der Waals surface area (Å²) in [5.41, 5.74) is 1.91. The number of imidazole rings is 1. The van der Waals surface area contributed by atoms with Crippen LogP contribution in [-0.4, -0.2) is 26.6 Å². The third-order valence-corrected chi connectivity index (χ3v) is 6.98. The number of nitrogens with zero attached hydrogens (tertiary/aromatic N) is 2. The van der Waals surface area contributed by atoms with Crippen molar-refractivity contribution < 1.29 is 9.90 Å². The summed E-state index contributed by atoms with van der Waals surface area (Å²) in [6, 6.07) is 5.23. The Kier molecular flexibility index (Phi) is 6.67. The maximum absolute atomic E-state index is 13.1. The molecule has 2 aromatic rings. The van der Waals surface area contributed by atoms with Crippen molar-refractivity contribution >= 4 is 17.5 Å². The molecule has 1 aromatic heterocycles. The fourth-order valence-corrected chi connectivity index (χ4v) is 5.17. The SMILES string of the molecule is Cc1c(C(=O)NC2CCCCC2)nc(-c2cc(Cl)ccc2O)n1CC1CCCCC1. The van der Waals surface area contributed by atoms with Gasteiger partial charge in [-0.05, 0) is 56.7 Å². The number of rotatable bonds is 5. The van der Waals surface area contributed by atoms with Gasteiger partial charge in [0, 0.05) is 23.3 Å². The quantitative estimate of drug-likeness (QED) is 0.625. The van der Waals surface area contributed by atoms with Crippen LogP contribution in [0.1, 0.15) is 80.4 Å². The number of hydrogen-bond acceptors (Lipinski definition) is 3. The molecule has 1 aromatic carbocycles. The molecule has 2 fully saturated rings. The molecule has 0 atom stereocenters. The summed E-state index contributed by atoms with van der Waals surface area (Å²) in [6.07, 6.45) is 11.9. The lowest BCUT2D eigenvalue weighted by Gasteiger charge is -2.24. The van der Waals surface area contributed by atoms with E-state index in [0.29, 0.717) is 28.0 Å². The Balaban J connectivity index is 1.68. The van der Waals surface area contributed by atoms with Crippen LogP contribution in [0.3, 0.4) is 0 Å². The summed E-state index contributed by atoms with van der Waals surface area (Å²) in [5, 5.41) is 14.2. The lowest BCUT2D eigenvalue weighted by Crippen LogP contribution is -2.36. The van der Waals surface area contributed by atoms with E-state index in [1.54, 1.807) is 18.2 Å². The molecule has 1 heterocycles. The van der Waals surface area contributed by atoms with Gasteiger partial charge in [0.2, 0.25) is 0 Å². The Morgan fingerprint density at radius 3 is 2.50 bits per heavy atom. The monoisotopic (exact) mass is 429 g/mol. The number of aromatic nitrogens is 2. The topological polar surface area (TPSA) is 67.2 Å². The molecule has 2 saturated carbocycles. The van der Waals surface area contributed by atoms with Gasteiger partial charge in [0.15, 0.2) is 0 Å². The number of aromatic hydroxyl groups is 1. The van der Waals surface area contributed by atoms with Gasteiger partial charge < -0.3 is 15.0 Å². The molecule has 0 saturated heterocycles. The maximum atomic E-state index is 13.1. The molecule has 30 heavy (non-hydrogen) atoms. The van der Waals surface area contributed by atoms with Crippen LogP contribution in [0, 0.1) is 12.8 Å². The molecule has 0 bridgehead atoms. The van der Waals surface area contributed by atoms with E-state index in [0.717, 1.165) is 25.1 Å². The van der Waals surface area contributed by atoms with Crippen LogP contribution in [0.2, 0.25) is 5.02 Å². The number of nitrogens with one attached hydrogen (secondary N) is 1. The van der Waals surface area contributed by atoms with E-state index in [4.69, 9.17) is 16.6 Å². The smallest absolute Gasteiger partial charge is 0.271 e. The van der Waals surface area contributed by atoms with Crippen molar-refractivity contribution in [3.05, 3.63) is 34.6 Å². The number of amides is 1.